The normalized spacial score (nSPS) is 12.3. The summed E-state index contributed by atoms with van der Waals surface area (Å²) in [5, 5.41) is 0. The van der Waals surface area contributed by atoms with Gasteiger partial charge in [-0.3, -0.25) is 14.4 Å². The maximum atomic E-state index is 12.7. The maximum absolute atomic E-state index is 12.7. The smallest absolute Gasteiger partial charge is 0.306 e. The molecule has 0 spiro atoms. The van der Waals surface area contributed by atoms with Gasteiger partial charge in [0.25, 0.3) is 0 Å². The summed E-state index contributed by atoms with van der Waals surface area (Å²) < 4.78 is 16.7. The molecule has 0 radical (unpaired) electrons. The van der Waals surface area contributed by atoms with E-state index in [-0.39, 0.29) is 31.1 Å². The number of unbranched alkanes of at least 4 members (excludes halogenated alkanes) is 29. The zero-order valence-corrected chi connectivity index (χ0v) is 39.3. The lowest BCUT2D eigenvalue weighted by Gasteiger charge is -2.18. The van der Waals surface area contributed by atoms with Crippen LogP contribution in [0.15, 0.2) is 36.5 Å². The summed E-state index contributed by atoms with van der Waals surface area (Å²) in [5.41, 5.74) is 0. The second-order valence-corrected chi connectivity index (χ2v) is 17.1. The highest BCUT2D eigenvalue weighted by Crippen LogP contribution is 2.14. The van der Waals surface area contributed by atoms with Crippen molar-refractivity contribution < 1.29 is 28.6 Å². The van der Waals surface area contributed by atoms with E-state index in [2.05, 4.69) is 57.2 Å². The van der Waals surface area contributed by atoms with E-state index in [1.54, 1.807) is 0 Å². The summed E-state index contributed by atoms with van der Waals surface area (Å²) in [7, 11) is 0. The zero-order chi connectivity index (χ0) is 43.0. The molecule has 59 heavy (non-hydrogen) atoms. The van der Waals surface area contributed by atoms with E-state index < -0.39 is 6.10 Å². The lowest BCUT2D eigenvalue weighted by Crippen LogP contribution is -2.30. The Balaban J connectivity index is 4.30. The van der Waals surface area contributed by atoms with Gasteiger partial charge in [0.05, 0.1) is 0 Å². The highest BCUT2D eigenvalue weighted by atomic mass is 16.6. The van der Waals surface area contributed by atoms with E-state index in [4.69, 9.17) is 14.2 Å². The largest absolute Gasteiger partial charge is 0.462 e. The van der Waals surface area contributed by atoms with Crippen molar-refractivity contribution in [3.05, 3.63) is 36.5 Å². The first-order valence-corrected chi connectivity index (χ1v) is 25.5. The number of esters is 3. The van der Waals surface area contributed by atoms with Crippen LogP contribution in [0.5, 0.6) is 0 Å². The first kappa shape index (κ1) is 56.6. The van der Waals surface area contributed by atoms with E-state index in [9.17, 15) is 14.4 Å². The molecule has 0 bridgehead atoms. The third-order valence-electron chi connectivity index (χ3n) is 11.1. The Morgan fingerprint density at radius 1 is 0.339 bits per heavy atom. The van der Waals surface area contributed by atoms with Crippen LogP contribution >= 0.6 is 0 Å². The molecule has 1 unspecified atom stereocenters. The minimum atomic E-state index is -0.776. The summed E-state index contributed by atoms with van der Waals surface area (Å²) in [4.78, 5) is 37.8. The molecule has 6 heteroatoms. The van der Waals surface area contributed by atoms with Crippen LogP contribution in [0, 0.1) is 0 Å². The monoisotopic (exact) mass is 829 g/mol. The van der Waals surface area contributed by atoms with E-state index in [0.717, 1.165) is 83.5 Å². The highest BCUT2D eigenvalue weighted by molar-refractivity contribution is 5.71. The second-order valence-electron chi connectivity index (χ2n) is 17.1. The molecule has 0 aliphatic rings. The summed E-state index contributed by atoms with van der Waals surface area (Å²) in [6, 6.07) is 0. The molecule has 0 N–H and O–H groups in total. The van der Waals surface area contributed by atoms with Gasteiger partial charge in [0.1, 0.15) is 13.2 Å². The van der Waals surface area contributed by atoms with Gasteiger partial charge in [-0.1, -0.05) is 205 Å². The third-order valence-corrected chi connectivity index (χ3v) is 11.1. The molecular weight excluding hydrogens is 733 g/mol. The van der Waals surface area contributed by atoms with Gasteiger partial charge in [0.15, 0.2) is 6.10 Å². The number of allylic oxidation sites excluding steroid dienone is 6. The Labute approximate surface area is 365 Å². The Hall–Kier alpha value is -2.37. The number of ether oxygens (including phenoxy) is 3. The van der Waals surface area contributed by atoms with Gasteiger partial charge in [-0.15, -0.1) is 0 Å². The van der Waals surface area contributed by atoms with Gasteiger partial charge in [0, 0.05) is 19.3 Å². The van der Waals surface area contributed by atoms with Gasteiger partial charge in [-0.05, 0) is 77.0 Å². The average Bonchev–Trinajstić information content (AvgIpc) is 3.23. The van der Waals surface area contributed by atoms with Crippen LogP contribution in [0.2, 0.25) is 0 Å². The minimum absolute atomic E-state index is 0.0774. The lowest BCUT2D eigenvalue weighted by atomic mass is 10.1. The molecule has 0 saturated heterocycles. The van der Waals surface area contributed by atoms with Gasteiger partial charge in [0.2, 0.25) is 0 Å². The lowest BCUT2D eigenvalue weighted by molar-refractivity contribution is -0.167. The van der Waals surface area contributed by atoms with Crippen LogP contribution in [-0.4, -0.2) is 37.2 Å². The summed E-state index contributed by atoms with van der Waals surface area (Å²) in [6.07, 6.45) is 55.6. The van der Waals surface area contributed by atoms with E-state index >= 15 is 0 Å². The van der Waals surface area contributed by atoms with Crippen LogP contribution < -0.4 is 0 Å². The molecule has 0 aromatic carbocycles. The van der Waals surface area contributed by atoms with Crippen molar-refractivity contribution in [2.24, 2.45) is 0 Å². The predicted octanol–water partition coefficient (Wildman–Crippen LogP) is 16.5. The Morgan fingerprint density at radius 2 is 0.610 bits per heavy atom. The molecule has 0 aromatic rings. The Bertz CT molecular complexity index is 1000. The topological polar surface area (TPSA) is 78.9 Å². The van der Waals surface area contributed by atoms with Crippen molar-refractivity contribution >= 4 is 17.9 Å². The van der Waals surface area contributed by atoms with Crippen LogP contribution in [0.25, 0.3) is 0 Å². The van der Waals surface area contributed by atoms with Crippen molar-refractivity contribution in [3.63, 3.8) is 0 Å². The molecular formula is C53H96O6. The Morgan fingerprint density at radius 3 is 0.983 bits per heavy atom. The van der Waals surface area contributed by atoms with E-state index in [1.165, 1.54) is 141 Å². The molecule has 1 atom stereocenters. The third kappa shape index (κ3) is 46.5. The number of hydrogen-bond acceptors (Lipinski definition) is 6. The van der Waals surface area contributed by atoms with Crippen molar-refractivity contribution in [2.45, 2.75) is 271 Å². The van der Waals surface area contributed by atoms with Crippen molar-refractivity contribution in [3.8, 4) is 0 Å². The SMILES string of the molecule is CCCCC/C=C\C/C=C\CCCCCCCC(=O)OC(COC(=O)CCCCCCCCCC)COC(=O)CCCCCCCCC/C=C\CCCCCCCCC. The molecule has 0 fully saturated rings. The molecule has 0 aliphatic carbocycles. The molecule has 344 valence electrons. The molecule has 0 saturated carbocycles. The number of carbonyl (C=O) groups excluding carboxylic acids is 3. The van der Waals surface area contributed by atoms with E-state index in [1.807, 2.05) is 0 Å². The standard InChI is InChI=1S/C53H96O6/c1-4-7-10-13-16-19-21-23-25-26-27-29-30-32-34-37-40-43-46-52(55)58-49-50(48-57-51(54)45-42-39-36-18-15-12-9-6-3)59-53(56)47-44-41-38-35-33-31-28-24-22-20-17-14-11-8-5-2/h17,20,24-26,28,50H,4-16,18-19,21-23,27,29-49H2,1-3H3/b20-17-,26-25-,28-24-. The highest BCUT2D eigenvalue weighted by Gasteiger charge is 2.19. The predicted molar refractivity (Wildman–Crippen MR) is 252 cm³/mol. The fourth-order valence-corrected chi connectivity index (χ4v) is 7.23. The molecule has 0 amide bonds. The average molecular weight is 829 g/mol. The van der Waals surface area contributed by atoms with Crippen molar-refractivity contribution in [2.75, 3.05) is 13.2 Å². The van der Waals surface area contributed by atoms with E-state index in [0.29, 0.717) is 19.3 Å². The van der Waals surface area contributed by atoms with Crippen LogP contribution in [0.4, 0.5) is 0 Å². The van der Waals surface area contributed by atoms with Crippen LogP contribution in [0.1, 0.15) is 265 Å². The fraction of sp³-hybridized carbons (Fsp3) is 0.830. The number of rotatable bonds is 46. The summed E-state index contributed by atoms with van der Waals surface area (Å²) >= 11 is 0. The van der Waals surface area contributed by atoms with Crippen molar-refractivity contribution in [1.29, 1.82) is 0 Å². The van der Waals surface area contributed by atoms with Gasteiger partial charge in [-0.25, -0.2) is 0 Å². The summed E-state index contributed by atoms with van der Waals surface area (Å²) in [5.74, 6) is -0.893. The number of carbonyl (C=O) groups is 3. The van der Waals surface area contributed by atoms with Gasteiger partial charge >= 0.3 is 17.9 Å². The number of hydrogen-bond donors (Lipinski definition) is 0. The van der Waals surface area contributed by atoms with Gasteiger partial charge < -0.3 is 14.2 Å². The fourth-order valence-electron chi connectivity index (χ4n) is 7.23. The molecule has 0 aromatic heterocycles. The second kappa shape index (κ2) is 48.3. The Kier molecular flexibility index (Phi) is 46.4. The molecule has 0 heterocycles. The zero-order valence-electron chi connectivity index (χ0n) is 39.3. The van der Waals surface area contributed by atoms with Crippen LogP contribution in [0.3, 0.4) is 0 Å². The molecule has 0 aliphatic heterocycles. The van der Waals surface area contributed by atoms with Crippen LogP contribution in [-0.2, 0) is 28.6 Å². The first-order chi connectivity index (χ1) is 29.0. The van der Waals surface area contributed by atoms with Gasteiger partial charge in [-0.2, -0.15) is 0 Å². The quantitative estimate of drug-likeness (QED) is 0.0263. The van der Waals surface area contributed by atoms with Crippen molar-refractivity contribution in [1.82, 2.24) is 0 Å². The summed E-state index contributed by atoms with van der Waals surface area (Å²) in [6.45, 7) is 6.58. The molecule has 6 nitrogen and oxygen atoms in total. The minimum Gasteiger partial charge on any atom is -0.462 e. The maximum Gasteiger partial charge on any atom is 0.306 e. The first-order valence-electron chi connectivity index (χ1n) is 25.5. The molecule has 0 rings (SSSR count).